The Morgan fingerprint density at radius 1 is 1.30 bits per heavy atom. The summed E-state index contributed by atoms with van der Waals surface area (Å²) in [4.78, 5) is 12.2. The van der Waals surface area contributed by atoms with Gasteiger partial charge in [0.15, 0.2) is 0 Å². The number of nitrogens with two attached hydrogens (primary N) is 1. The van der Waals surface area contributed by atoms with Crippen molar-refractivity contribution in [2.45, 2.75) is 52.0 Å². The highest BCUT2D eigenvalue weighted by Gasteiger charge is 2.46. The molecular formula is C17H26N2O. The van der Waals surface area contributed by atoms with E-state index in [0.29, 0.717) is 11.8 Å². The fourth-order valence-corrected chi connectivity index (χ4v) is 3.52. The molecule has 1 amide bonds. The third-order valence-electron chi connectivity index (χ3n) is 4.63. The van der Waals surface area contributed by atoms with E-state index in [9.17, 15) is 4.79 Å². The minimum absolute atomic E-state index is 0.212. The Labute approximate surface area is 121 Å². The van der Waals surface area contributed by atoms with Crippen LogP contribution in [0.3, 0.4) is 0 Å². The molecule has 1 saturated carbocycles. The standard InChI is InChI=1S/C17H26N2O/c1-12(2)15-6-4-5-11-17(15,16(18)20)19-14-9-7-13(3)8-10-14/h7-10,12,15,19H,4-6,11H2,1-3H3,(H2,18,20). The summed E-state index contributed by atoms with van der Waals surface area (Å²) < 4.78 is 0. The Bertz CT molecular complexity index is 466. The first-order valence-corrected chi connectivity index (χ1v) is 7.60. The van der Waals surface area contributed by atoms with Crippen molar-refractivity contribution >= 4 is 11.6 Å². The van der Waals surface area contributed by atoms with E-state index in [2.05, 4.69) is 38.2 Å². The zero-order chi connectivity index (χ0) is 14.8. The van der Waals surface area contributed by atoms with Gasteiger partial charge >= 0.3 is 0 Å². The van der Waals surface area contributed by atoms with E-state index >= 15 is 0 Å². The van der Waals surface area contributed by atoms with Crippen molar-refractivity contribution in [2.24, 2.45) is 17.6 Å². The molecule has 20 heavy (non-hydrogen) atoms. The Kier molecular flexibility index (Phi) is 4.36. The van der Waals surface area contributed by atoms with Gasteiger partial charge in [-0.15, -0.1) is 0 Å². The fraction of sp³-hybridized carbons (Fsp3) is 0.588. The Balaban J connectivity index is 2.32. The van der Waals surface area contributed by atoms with Crippen LogP contribution in [-0.2, 0) is 4.79 Å². The Morgan fingerprint density at radius 3 is 2.50 bits per heavy atom. The third kappa shape index (κ3) is 2.82. The van der Waals surface area contributed by atoms with Crippen molar-refractivity contribution in [1.29, 1.82) is 0 Å². The first-order valence-electron chi connectivity index (χ1n) is 7.60. The van der Waals surface area contributed by atoms with Crippen LogP contribution in [0.25, 0.3) is 0 Å². The zero-order valence-corrected chi connectivity index (χ0v) is 12.8. The van der Waals surface area contributed by atoms with E-state index in [0.717, 1.165) is 24.9 Å². The summed E-state index contributed by atoms with van der Waals surface area (Å²) in [5.74, 6) is 0.535. The summed E-state index contributed by atoms with van der Waals surface area (Å²) in [6.45, 7) is 6.43. The van der Waals surface area contributed by atoms with E-state index in [1.807, 2.05) is 12.1 Å². The van der Waals surface area contributed by atoms with Crippen molar-refractivity contribution in [3.8, 4) is 0 Å². The first kappa shape index (κ1) is 14.9. The van der Waals surface area contributed by atoms with Gasteiger partial charge in [0.2, 0.25) is 5.91 Å². The number of carbonyl (C=O) groups is 1. The van der Waals surface area contributed by atoms with Gasteiger partial charge in [-0.3, -0.25) is 4.79 Å². The average Bonchev–Trinajstić information content (AvgIpc) is 2.41. The first-order chi connectivity index (χ1) is 9.45. The molecule has 2 atom stereocenters. The van der Waals surface area contributed by atoms with Crippen LogP contribution >= 0.6 is 0 Å². The maximum atomic E-state index is 12.2. The number of carbonyl (C=O) groups excluding carboxylic acids is 1. The van der Waals surface area contributed by atoms with Gasteiger partial charge < -0.3 is 11.1 Å². The number of anilines is 1. The molecule has 0 radical (unpaired) electrons. The molecular weight excluding hydrogens is 248 g/mol. The molecule has 0 aliphatic heterocycles. The van der Waals surface area contributed by atoms with Crippen LogP contribution in [0.5, 0.6) is 0 Å². The van der Waals surface area contributed by atoms with E-state index in [4.69, 9.17) is 5.73 Å². The van der Waals surface area contributed by atoms with Gasteiger partial charge in [-0.25, -0.2) is 0 Å². The molecule has 3 nitrogen and oxygen atoms in total. The van der Waals surface area contributed by atoms with Crippen LogP contribution in [0.4, 0.5) is 5.69 Å². The van der Waals surface area contributed by atoms with Crippen molar-refractivity contribution in [3.63, 3.8) is 0 Å². The minimum Gasteiger partial charge on any atom is -0.371 e. The molecule has 0 bridgehead atoms. The Morgan fingerprint density at radius 2 is 1.95 bits per heavy atom. The lowest BCUT2D eigenvalue weighted by Gasteiger charge is -2.45. The summed E-state index contributed by atoms with van der Waals surface area (Å²) in [7, 11) is 0. The van der Waals surface area contributed by atoms with Gasteiger partial charge in [0, 0.05) is 5.69 Å². The van der Waals surface area contributed by atoms with Gasteiger partial charge in [-0.05, 0) is 43.7 Å². The van der Waals surface area contributed by atoms with Gasteiger partial charge in [-0.2, -0.15) is 0 Å². The van der Waals surface area contributed by atoms with E-state index in [1.54, 1.807) is 0 Å². The predicted octanol–water partition coefficient (Wildman–Crippen LogP) is 3.48. The number of benzene rings is 1. The summed E-state index contributed by atoms with van der Waals surface area (Å²) in [5, 5.41) is 3.48. The third-order valence-corrected chi connectivity index (χ3v) is 4.63. The summed E-state index contributed by atoms with van der Waals surface area (Å²) in [6, 6.07) is 8.19. The van der Waals surface area contributed by atoms with Gasteiger partial charge in [-0.1, -0.05) is 44.4 Å². The van der Waals surface area contributed by atoms with Crippen LogP contribution in [0.1, 0.15) is 45.1 Å². The van der Waals surface area contributed by atoms with Gasteiger partial charge in [0.1, 0.15) is 5.54 Å². The number of aryl methyl sites for hydroxylation is 1. The maximum absolute atomic E-state index is 12.2. The normalized spacial score (nSPS) is 26.5. The Hall–Kier alpha value is -1.51. The number of amides is 1. The van der Waals surface area contributed by atoms with Crippen LogP contribution in [0, 0.1) is 18.8 Å². The van der Waals surface area contributed by atoms with Gasteiger partial charge in [0.05, 0.1) is 0 Å². The molecule has 2 rings (SSSR count). The number of primary amides is 1. The van der Waals surface area contributed by atoms with Crippen molar-refractivity contribution in [2.75, 3.05) is 5.32 Å². The lowest BCUT2D eigenvalue weighted by atomic mass is 9.67. The topological polar surface area (TPSA) is 55.1 Å². The number of rotatable bonds is 4. The van der Waals surface area contributed by atoms with Crippen LogP contribution in [0.2, 0.25) is 0 Å². The molecule has 110 valence electrons. The summed E-state index contributed by atoms with van der Waals surface area (Å²) >= 11 is 0. The highest BCUT2D eigenvalue weighted by molar-refractivity contribution is 5.88. The lowest BCUT2D eigenvalue weighted by Crippen LogP contribution is -2.58. The second-order valence-corrected chi connectivity index (χ2v) is 6.42. The van der Waals surface area contributed by atoms with Gasteiger partial charge in [0.25, 0.3) is 0 Å². The molecule has 0 heterocycles. The maximum Gasteiger partial charge on any atom is 0.243 e. The summed E-state index contributed by atoms with van der Waals surface area (Å²) in [6.07, 6.45) is 4.15. The van der Waals surface area contributed by atoms with Crippen molar-refractivity contribution in [3.05, 3.63) is 29.8 Å². The molecule has 1 aromatic rings. The van der Waals surface area contributed by atoms with E-state index in [-0.39, 0.29) is 5.91 Å². The second kappa shape index (κ2) is 5.86. The molecule has 1 aliphatic carbocycles. The predicted molar refractivity (Wildman–Crippen MR) is 83.5 cm³/mol. The molecule has 3 heteroatoms. The molecule has 2 unspecified atom stereocenters. The number of hydrogen-bond donors (Lipinski definition) is 2. The van der Waals surface area contributed by atoms with Crippen LogP contribution in [0.15, 0.2) is 24.3 Å². The van der Waals surface area contributed by atoms with Crippen LogP contribution < -0.4 is 11.1 Å². The lowest BCUT2D eigenvalue weighted by molar-refractivity contribution is -0.126. The highest BCUT2D eigenvalue weighted by Crippen LogP contribution is 2.40. The number of nitrogens with one attached hydrogen (secondary N) is 1. The minimum atomic E-state index is -0.596. The van der Waals surface area contributed by atoms with Crippen molar-refractivity contribution < 1.29 is 4.79 Å². The average molecular weight is 274 g/mol. The molecule has 1 aliphatic rings. The van der Waals surface area contributed by atoms with Crippen molar-refractivity contribution in [1.82, 2.24) is 0 Å². The second-order valence-electron chi connectivity index (χ2n) is 6.42. The largest absolute Gasteiger partial charge is 0.371 e. The molecule has 0 saturated heterocycles. The molecule has 0 aromatic heterocycles. The number of hydrogen-bond acceptors (Lipinski definition) is 2. The molecule has 0 spiro atoms. The summed E-state index contributed by atoms with van der Waals surface area (Å²) in [5.41, 5.74) is 7.41. The zero-order valence-electron chi connectivity index (χ0n) is 12.8. The molecule has 1 aromatic carbocycles. The highest BCUT2D eigenvalue weighted by atomic mass is 16.1. The van der Waals surface area contributed by atoms with E-state index in [1.165, 1.54) is 12.0 Å². The van der Waals surface area contributed by atoms with E-state index < -0.39 is 5.54 Å². The fourth-order valence-electron chi connectivity index (χ4n) is 3.52. The molecule has 3 N–H and O–H groups in total. The smallest absolute Gasteiger partial charge is 0.243 e. The quantitative estimate of drug-likeness (QED) is 0.883. The SMILES string of the molecule is Cc1ccc(NC2(C(N)=O)CCCCC2C(C)C)cc1. The van der Waals surface area contributed by atoms with Crippen LogP contribution in [-0.4, -0.2) is 11.4 Å². The molecule has 1 fully saturated rings. The monoisotopic (exact) mass is 274 g/mol.